The molecule has 94 valence electrons. The number of aromatic nitrogens is 2. The summed E-state index contributed by atoms with van der Waals surface area (Å²) in [6.45, 7) is 4.14. The van der Waals surface area contributed by atoms with Gasteiger partial charge in [-0.1, -0.05) is 12.1 Å². The lowest BCUT2D eigenvalue weighted by Crippen LogP contribution is -2.11. The standard InChI is InChI=1S/C13H15BrN4/c1-9(2)17-12-7-13(16-8-15-12)18-11-6-4-3-5-10(11)14/h3-9H,1-2H3,(H2,15,16,17,18). The molecule has 0 radical (unpaired) electrons. The molecule has 0 fully saturated rings. The first-order valence-electron chi connectivity index (χ1n) is 5.75. The fourth-order valence-corrected chi connectivity index (χ4v) is 1.88. The van der Waals surface area contributed by atoms with Gasteiger partial charge in [-0.25, -0.2) is 9.97 Å². The maximum Gasteiger partial charge on any atom is 0.135 e. The molecule has 1 heterocycles. The van der Waals surface area contributed by atoms with Crippen LogP contribution in [0.5, 0.6) is 0 Å². The van der Waals surface area contributed by atoms with Gasteiger partial charge in [0.2, 0.25) is 0 Å². The first-order chi connectivity index (χ1) is 8.65. The average Bonchev–Trinajstić information content (AvgIpc) is 2.32. The maximum absolute atomic E-state index is 4.20. The van der Waals surface area contributed by atoms with Crippen LogP contribution in [0.3, 0.4) is 0 Å². The van der Waals surface area contributed by atoms with Crippen LogP contribution < -0.4 is 10.6 Å². The summed E-state index contributed by atoms with van der Waals surface area (Å²) in [5.74, 6) is 1.58. The van der Waals surface area contributed by atoms with Gasteiger partial charge in [0.05, 0.1) is 5.69 Å². The predicted octanol–water partition coefficient (Wildman–Crippen LogP) is 3.80. The predicted molar refractivity (Wildman–Crippen MR) is 78.2 cm³/mol. The van der Waals surface area contributed by atoms with Gasteiger partial charge in [-0.05, 0) is 41.9 Å². The molecule has 0 amide bonds. The third-order valence-corrected chi connectivity index (χ3v) is 2.93. The Labute approximate surface area is 115 Å². The summed E-state index contributed by atoms with van der Waals surface area (Å²) in [7, 11) is 0. The summed E-state index contributed by atoms with van der Waals surface area (Å²) >= 11 is 3.49. The Hall–Kier alpha value is -1.62. The van der Waals surface area contributed by atoms with Crippen molar-refractivity contribution in [2.75, 3.05) is 10.6 Å². The molecular formula is C13H15BrN4. The zero-order chi connectivity index (χ0) is 13.0. The second kappa shape index (κ2) is 5.82. The fourth-order valence-electron chi connectivity index (χ4n) is 1.50. The highest BCUT2D eigenvalue weighted by molar-refractivity contribution is 9.10. The van der Waals surface area contributed by atoms with Crippen molar-refractivity contribution >= 4 is 33.3 Å². The first kappa shape index (κ1) is 12.8. The number of anilines is 3. The zero-order valence-electron chi connectivity index (χ0n) is 10.3. The van der Waals surface area contributed by atoms with Gasteiger partial charge in [-0.3, -0.25) is 0 Å². The molecule has 0 unspecified atom stereocenters. The average molecular weight is 307 g/mol. The van der Waals surface area contributed by atoms with Gasteiger partial charge in [0.15, 0.2) is 0 Å². The SMILES string of the molecule is CC(C)Nc1cc(Nc2ccccc2Br)ncn1. The van der Waals surface area contributed by atoms with Crippen molar-refractivity contribution in [3.8, 4) is 0 Å². The summed E-state index contributed by atoms with van der Waals surface area (Å²) in [6, 6.07) is 10.1. The molecule has 0 aliphatic heterocycles. The Morgan fingerprint density at radius 2 is 1.83 bits per heavy atom. The van der Waals surface area contributed by atoms with Crippen molar-refractivity contribution in [2.24, 2.45) is 0 Å². The highest BCUT2D eigenvalue weighted by atomic mass is 79.9. The van der Waals surface area contributed by atoms with Crippen LogP contribution in [-0.4, -0.2) is 16.0 Å². The summed E-state index contributed by atoms with van der Waals surface area (Å²) in [5, 5.41) is 6.49. The van der Waals surface area contributed by atoms with E-state index in [1.54, 1.807) is 6.33 Å². The van der Waals surface area contributed by atoms with Gasteiger partial charge in [0.1, 0.15) is 18.0 Å². The van der Waals surface area contributed by atoms with Crippen LogP contribution >= 0.6 is 15.9 Å². The van der Waals surface area contributed by atoms with Crippen LogP contribution in [0, 0.1) is 0 Å². The Balaban J connectivity index is 2.17. The van der Waals surface area contributed by atoms with Crippen LogP contribution in [0.1, 0.15) is 13.8 Å². The van der Waals surface area contributed by atoms with Crippen LogP contribution in [0.25, 0.3) is 0 Å². The number of rotatable bonds is 4. The van der Waals surface area contributed by atoms with E-state index in [0.717, 1.165) is 21.8 Å². The molecule has 1 aromatic carbocycles. The minimum absolute atomic E-state index is 0.344. The molecule has 0 saturated carbocycles. The topological polar surface area (TPSA) is 49.8 Å². The minimum atomic E-state index is 0.344. The Bertz CT molecular complexity index is 528. The molecule has 4 nitrogen and oxygen atoms in total. The molecule has 0 bridgehead atoms. The van der Waals surface area contributed by atoms with Gasteiger partial charge in [0.25, 0.3) is 0 Å². The molecule has 2 rings (SSSR count). The highest BCUT2D eigenvalue weighted by Gasteiger charge is 2.02. The van der Waals surface area contributed by atoms with Crippen molar-refractivity contribution in [2.45, 2.75) is 19.9 Å². The number of benzene rings is 1. The largest absolute Gasteiger partial charge is 0.368 e. The Kier molecular flexibility index (Phi) is 4.15. The Morgan fingerprint density at radius 3 is 2.56 bits per heavy atom. The molecular weight excluding hydrogens is 292 g/mol. The van der Waals surface area contributed by atoms with E-state index in [9.17, 15) is 0 Å². The number of nitrogens with zero attached hydrogens (tertiary/aromatic N) is 2. The lowest BCUT2D eigenvalue weighted by molar-refractivity contribution is 0.886. The molecule has 0 saturated heterocycles. The van der Waals surface area contributed by atoms with Gasteiger partial charge in [-0.15, -0.1) is 0 Å². The molecule has 0 aliphatic carbocycles. The van der Waals surface area contributed by atoms with Crippen molar-refractivity contribution in [1.82, 2.24) is 9.97 Å². The van der Waals surface area contributed by atoms with Gasteiger partial charge >= 0.3 is 0 Å². The molecule has 2 N–H and O–H groups in total. The maximum atomic E-state index is 4.20. The van der Waals surface area contributed by atoms with Gasteiger partial charge in [-0.2, -0.15) is 0 Å². The molecule has 5 heteroatoms. The lowest BCUT2D eigenvalue weighted by Gasteiger charge is -2.11. The molecule has 0 aliphatic rings. The molecule has 1 aromatic heterocycles. The van der Waals surface area contributed by atoms with E-state index >= 15 is 0 Å². The third kappa shape index (κ3) is 3.43. The van der Waals surface area contributed by atoms with E-state index in [1.807, 2.05) is 30.3 Å². The molecule has 0 spiro atoms. The monoisotopic (exact) mass is 306 g/mol. The Morgan fingerprint density at radius 1 is 1.11 bits per heavy atom. The summed E-state index contributed by atoms with van der Waals surface area (Å²) < 4.78 is 1.00. The van der Waals surface area contributed by atoms with Crippen molar-refractivity contribution in [3.05, 3.63) is 41.1 Å². The summed E-state index contributed by atoms with van der Waals surface area (Å²) in [4.78, 5) is 8.37. The quantitative estimate of drug-likeness (QED) is 0.902. The molecule has 2 aromatic rings. The highest BCUT2D eigenvalue weighted by Crippen LogP contribution is 2.24. The van der Waals surface area contributed by atoms with Gasteiger partial charge in [0, 0.05) is 16.6 Å². The second-order valence-electron chi connectivity index (χ2n) is 4.19. The number of halogens is 1. The van der Waals surface area contributed by atoms with Crippen molar-refractivity contribution in [3.63, 3.8) is 0 Å². The second-order valence-corrected chi connectivity index (χ2v) is 5.05. The number of hydrogen-bond acceptors (Lipinski definition) is 4. The van der Waals surface area contributed by atoms with E-state index in [4.69, 9.17) is 0 Å². The molecule has 0 atom stereocenters. The first-order valence-corrected chi connectivity index (χ1v) is 6.54. The van der Waals surface area contributed by atoms with Crippen LogP contribution in [0.15, 0.2) is 41.1 Å². The van der Waals surface area contributed by atoms with Crippen molar-refractivity contribution in [1.29, 1.82) is 0 Å². The lowest BCUT2D eigenvalue weighted by atomic mass is 10.3. The smallest absolute Gasteiger partial charge is 0.135 e. The van der Waals surface area contributed by atoms with E-state index in [1.165, 1.54) is 0 Å². The van der Waals surface area contributed by atoms with E-state index in [-0.39, 0.29) is 0 Å². The number of para-hydroxylation sites is 1. The minimum Gasteiger partial charge on any atom is -0.368 e. The van der Waals surface area contributed by atoms with E-state index in [2.05, 4.69) is 50.4 Å². The molecule has 18 heavy (non-hydrogen) atoms. The zero-order valence-corrected chi connectivity index (χ0v) is 11.9. The normalized spacial score (nSPS) is 10.4. The number of nitrogens with one attached hydrogen (secondary N) is 2. The summed E-state index contributed by atoms with van der Waals surface area (Å²) in [5.41, 5.74) is 0.978. The van der Waals surface area contributed by atoms with Crippen molar-refractivity contribution < 1.29 is 0 Å². The van der Waals surface area contributed by atoms with Crippen LogP contribution in [-0.2, 0) is 0 Å². The van der Waals surface area contributed by atoms with E-state index < -0.39 is 0 Å². The van der Waals surface area contributed by atoms with Gasteiger partial charge < -0.3 is 10.6 Å². The fraction of sp³-hybridized carbons (Fsp3) is 0.231. The third-order valence-electron chi connectivity index (χ3n) is 2.24. The van der Waals surface area contributed by atoms with Crippen LogP contribution in [0.4, 0.5) is 17.3 Å². The number of hydrogen-bond donors (Lipinski definition) is 2. The van der Waals surface area contributed by atoms with E-state index in [0.29, 0.717) is 6.04 Å². The van der Waals surface area contributed by atoms with Crippen LogP contribution in [0.2, 0.25) is 0 Å². The summed E-state index contributed by atoms with van der Waals surface area (Å²) in [6.07, 6.45) is 1.55.